The Balaban J connectivity index is 0.000000192. The van der Waals surface area contributed by atoms with E-state index in [1.165, 1.54) is 12.4 Å². The standard InChI is InChI=1S/C15H13F3N4O.C13H6F7N5O/c1-9(2)23-11-5-3-10(4-6-11)12-8-22-13(7-19-12)20-21-14(22)15(16,17)18;14-7-1-6(2-22-10(7)26-5-12(15,16)17)8-4-25-9(3-21-8)23-24-11(25)13(18,19)20/h3-9H,1-2H3;1-4H,5H2. The van der Waals surface area contributed by atoms with Crippen molar-refractivity contribution in [2.24, 2.45) is 0 Å². The fourth-order valence-corrected chi connectivity index (χ4v) is 4.09. The van der Waals surface area contributed by atoms with Crippen molar-refractivity contribution in [2.45, 2.75) is 38.5 Å². The van der Waals surface area contributed by atoms with Crippen LogP contribution < -0.4 is 9.47 Å². The maximum atomic E-state index is 13.8. The number of nitrogens with zero attached hydrogens (tertiary/aromatic N) is 9. The number of rotatable bonds is 6. The predicted molar refractivity (Wildman–Crippen MR) is 148 cm³/mol. The van der Waals surface area contributed by atoms with Gasteiger partial charge >= 0.3 is 18.5 Å². The molecule has 6 aromatic rings. The number of ether oxygens (including phenoxy) is 2. The van der Waals surface area contributed by atoms with Gasteiger partial charge in [0.2, 0.25) is 11.6 Å². The zero-order valence-electron chi connectivity index (χ0n) is 24.7. The summed E-state index contributed by atoms with van der Waals surface area (Å²) in [5.74, 6) is -3.82. The lowest BCUT2D eigenvalue weighted by atomic mass is 10.1. The van der Waals surface area contributed by atoms with E-state index < -0.39 is 48.5 Å². The van der Waals surface area contributed by atoms with Gasteiger partial charge in [0, 0.05) is 29.7 Å². The third kappa shape index (κ3) is 8.27. The monoisotopic (exact) mass is 703 g/mol. The third-order valence-electron chi connectivity index (χ3n) is 6.09. The van der Waals surface area contributed by atoms with E-state index in [0.29, 0.717) is 21.4 Å². The number of alkyl halides is 9. The summed E-state index contributed by atoms with van der Waals surface area (Å²) < 4.78 is 139. The van der Waals surface area contributed by atoms with Crippen LogP contribution in [0.1, 0.15) is 25.5 Å². The van der Waals surface area contributed by atoms with Gasteiger partial charge < -0.3 is 9.47 Å². The third-order valence-corrected chi connectivity index (χ3v) is 6.09. The van der Waals surface area contributed by atoms with Crippen LogP contribution in [0, 0.1) is 5.82 Å². The molecule has 1 aromatic carbocycles. The van der Waals surface area contributed by atoms with Gasteiger partial charge in [-0.2, -0.15) is 39.5 Å². The molecule has 0 fully saturated rings. The first kappa shape index (κ1) is 34.7. The Hall–Kier alpha value is -5.63. The van der Waals surface area contributed by atoms with Gasteiger partial charge in [0.05, 0.1) is 29.9 Å². The summed E-state index contributed by atoms with van der Waals surface area (Å²) in [4.78, 5) is 11.3. The second kappa shape index (κ2) is 13.1. The fourth-order valence-electron chi connectivity index (χ4n) is 4.09. The lowest BCUT2D eigenvalue weighted by Crippen LogP contribution is -2.20. The second-order valence-corrected chi connectivity index (χ2v) is 10.2. The first-order valence-corrected chi connectivity index (χ1v) is 13.6. The average Bonchev–Trinajstić information content (AvgIpc) is 3.64. The lowest BCUT2D eigenvalue weighted by molar-refractivity contribution is -0.154. The molecule has 49 heavy (non-hydrogen) atoms. The minimum absolute atomic E-state index is 0.0424. The van der Waals surface area contributed by atoms with E-state index in [9.17, 15) is 43.9 Å². The molecule has 0 bridgehead atoms. The number of aromatic nitrogens is 9. The van der Waals surface area contributed by atoms with Gasteiger partial charge in [-0.15, -0.1) is 20.4 Å². The van der Waals surface area contributed by atoms with Crippen LogP contribution in [0.15, 0.2) is 61.3 Å². The van der Waals surface area contributed by atoms with E-state index in [1.807, 2.05) is 13.8 Å². The largest absolute Gasteiger partial charge is 0.491 e. The molecule has 0 atom stereocenters. The minimum Gasteiger partial charge on any atom is -0.491 e. The van der Waals surface area contributed by atoms with Gasteiger partial charge in [-0.1, -0.05) is 0 Å². The van der Waals surface area contributed by atoms with Crippen molar-refractivity contribution in [1.82, 2.24) is 44.1 Å². The Labute approximate surface area is 267 Å². The van der Waals surface area contributed by atoms with E-state index in [0.717, 1.165) is 29.1 Å². The van der Waals surface area contributed by atoms with Gasteiger partial charge in [0.1, 0.15) is 5.75 Å². The molecule has 0 unspecified atom stereocenters. The molecular weight excluding hydrogens is 684 g/mol. The average molecular weight is 704 g/mol. The summed E-state index contributed by atoms with van der Waals surface area (Å²) in [6, 6.07) is 7.72. The fraction of sp³-hybridized carbons (Fsp3) is 0.250. The van der Waals surface area contributed by atoms with Gasteiger partial charge in [0.15, 0.2) is 23.7 Å². The van der Waals surface area contributed by atoms with E-state index in [2.05, 4.69) is 40.1 Å². The summed E-state index contributed by atoms with van der Waals surface area (Å²) in [5, 5.41) is 13.0. The van der Waals surface area contributed by atoms with E-state index in [-0.39, 0.29) is 28.7 Å². The molecule has 0 N–H and O–H groups in total. The summed E-state index contributed by atoms with van der Waals surface area (Å²) in [6.45, 7) is 2.08. The Morgan fingerprint density at radius 1 is 0.673 bits per heavy atom. The smallest absolute Gasteiger partial charge is 0.452 e. The Morgan fingerprint density at radius 3 is 1.63 bits per heavy atom. The summed E-state index contributed by atoms with van der Waals surface area (Å²) in [6.07, 6.45) is -8.66. The Bertz CT molecular complexity index is 2070. The zero-order chi connectivity index (χ0) is 35.7. The highest BCUT2D eigenvalue weighted by Gasteiger charge is 2.38. The number of halogens is 10. The van der Waals surface area contributed by atoms with Crippen LogP contribution in [-0.4, -0.2) is 63.0 Å². The van der Waals surface area contributed by atoms with Crippen LogP contribution in [0.4, 0.5) is 43.9 Å². The maximum Gasteiger partial charge on any atom is 0.452 e. The van der Waals surface area contributed by atoms with Crippen LogP contribution in [0.3, 0.4) is 0 Å². The summed E-state index contributed by atoms with van der Waals surface area (Å²) in [5.41, 5.74) is 0.700. The van der Waals surface area contributed by atoms with Crippen molar-refractivity contribution in [1.29, 1.82) is 0 Å². The quantitative estimate of drug-likeness (QED) is 0.171. The first-order chi connectivity index (χ1) is 22.9. The minimum atomic E-state index is -4.78. The molecule has 0 amide bonds. The highest BCUT2D eigenvalue weighted by Crippen LogP contribution is 2.31. The SMILES string of the molecule is CC(C)Oc1ccc(-c2cn3c(C(F)(F)F)nnc3cn2)cc1.Fc1cc(-c2cn3c(C(F)(F)F)nnc3cn2)cnc1OCC(F)(F)F. The molecule has 0 saturated heterocycles. The second-order valence-electron chi connectivity index (χ2n) is 10.2. The van der Waals surface area contributed by atoms with Crippen molar-refractivity contribution in [2.75, 3.05) is 6.61 Å². The predicted octanol–water partition coefficient (Wildman–Crippen LogP) is 6.88. The number of hydrogen-bond acceptors (Lipinski definition) is 9. The summed E-state index contributed by atoms with van der Waals surface area (Å²) >= 11 is 0. The molecule has 21 heteroatoms. The van der Waals surface area contributed by atoms with Crippen LogP contribution in [-0.2, 0) is 12.4 Å². The van der Waals surface area contributed by atoms with Crippen LogP contribution in [0.25, 0.3) is 33.8 Å². The Morgan fingerprint density at radius 2 is 1.18 bits per heavy atom. The van der Waals surface area contributed by atoms with Crippen LogP contribution in [0.5, 0.6) is 11.6 Å². The van der Waals surface area contributed by atoms with Gasteiger partial charge in [-0.25, -0.2) is 9.37 Å². The summed E-state index contributed by atoms with van der Waals surface area (Å²) in [7, 11) is 0. The Kier molecular flexibility index (Phi) is 9.28. The molecule has 6 rings (SSSR count). The maximum absolute atomic E-state index is 13.8. The molecule has 0 saturated carbocycles. The number of hydrogen-bond donors (Lipinski definition) is 0. The molecular formula is C28H19F10N9O2. The van der Waals surface area contributed by atoms with Crippen molar-refractivity contribution in [3.8, 4) is 34.1 Å². The molecule has 5 aromatic heterocycles. The number of benzene rings is 1. The van der Waals surface area contributed by atoms with Gasteiger partial charge in [0.25, 0.3) is 5.88 Å². The number of pyridine rings is 1. The topological polar surface area (TPSA) is 118 Å². The van der Waals surface area contributed by atoms with Crippen molar-refractivity contribution >= 4 is 11.3 Å². The molecule has 11 nitrogen and oxygen atoms in total. The normalized spacial score (nSPS) is 12.3. The highest BCUT2D eigenvalue weighted by molar-refractivity contribution is 5.61. The van der Waals surface area contributed by atoms with Gasteiger partial charge in [-0.3, -0.25) is 18.8 Å². The van der Waals surface area contributed by atoms with E-state index in [1.54, 1.807) is 24.3 Å². The van der Waals surface area contributed by atoms with Crippen LogP contribution >= 0.6 is 0 Å². The molecule has 258 valence electrons. The molecule has 0 aliphatic heterocycles. The zero-order valence-corrected chi connectivity index (χ0v) is 24.7. The first-order valence-electron chi connectivity index (χ1n) is 13.6. The van der Waals surface area contributed by atoms with Crippen molar-refractivity contribution in [3.05, 3.63) is 78.8 Å². The van der Waals surface area contributed by atoms with Crippen LogP contribution in [0.2, 0.25) is 0 Å². The molecule has 0 aliphatic carbocycles. The van der Waals surface area contributed by atoms with Crippen molar-refractivity contribution in [3.63, 3.8) is 0 Å². The number of fused-ring (bicyclic) bond motifs is 2. The van der Waals surface area contributed by atoms with Crippen molar-refractivity contribution < 1.29 is 53.4 Å². The molecule has 5 heterocycles. The van der Waals surface area contributed by atoms with E-state index in [4.69, 9.17) is 4.74 Å². The highest BCUT2D eigenvalue weighted by atomic mass is 19.4. The molecule has 0 radical (unpaired) electrons. The van der Waals surface area contributed by atoms with Gasteiger partial charge in [-0.05, 0) is 44.2 Å². The molecule has 0 aliphatic rings. The van der Waals surface area contributed by atoms with E-state index >= 15 is 0 Å². The lowest BCUT2D eigenvalue weighted by Gasteiger charge is -2.10. The molecule has 0 spiro atoms.